The molecule has 0 unspecified atom stereocenters. The molecule has 9 nitrogen and oxygen atoms in total. The normalized spacial score (nSPS) is 10.7. The second-order valence-corrected chi connectivity index (χ2v) is 7.56. The van der Waals surface area contributed by atoms with E-state index < -0.39 is 11.8 Å². The number of nitrogens with zero attached hydrogens (tertiary/aromatic N) is 1. The number of amides is 2. The summed E-state index contributed by atoms with van der Waals surface area (Å²) in [6.45, 7) is -0.311. The zero-order valence-electron chi connectivity index (χ0n) is 18.5. The predicted octanol–water partition coefficient (Wildman–Crippen LogP) is 4.16. The monoisotopic (exact) mass is 505 g/mol. The largest absolute Gasteiger partial charge is 0.493 e. The molecule has 0 aliphatic heterocycles. The molecular weight excluding hydrogens is 485 g/mol. The number of furan rings is 1. The van der Waals surface area contributed by atoms with E-state index in [0.29, 0.717) is 44.4 Å². The number of carbonyl (C=O) groups is 2. The minimum Gasteiger partial charge on any atom is -0.493 e. The lowest BCUT2D eigenvalue weighted by molar-refractivity contribution is -0.120. The van der Waals surface area contributed by atoms with Gasteiger partial charge in [0.25, 0.3) is 11.8 Å². The van der Waals surface area contributed by atoms with Crippen molar-refractivity contribution in [3.05, 3.63) is 63.8 Å². The van der Waals surface area contributed by atoms with E-state index in [1.54, 1.807) is 30.3 Å². The van der Waals surface area contributed by atoms with Crippen LogP contribution >= 0.6 is 23.2 Å². The standard InChI is InChI=1S/C23H21Cl2N3O6/c1-31-19-8-13(9-20(32-2)22(19)33-3)23(30)26-12-21(29)28-27-11-15-5-7-18(34-15)16-10-14(24)4-6-17(16)25/h4-11H,12H2,1-3H3,(H,26,30)(H,28,29). The molecule has 0 bridgehead atoms. The molecule has 11 heteroatoms. The van der Waals surface area contributed by atoms with E-state index in [1.165, 1.54) is 39.7 Å². The van der Waals surface area contributed by atoms with Gasteiger partial charge in [-0.2, -0.15) is 5.10 Å². The molecule has 0 saturated heterocycles. The number of benzene rings is 2. The van der Waals surface area contributed by atoms with Crippen LogP contribution in [0.1, 0.15) is 16.1 Å². The molecule has 3 rings (SSSR count). The highest BCUT2D eigenvalue weighted by Gasteiger charge is 2.17. The maximum atomic E-state index is 12.5. The lowest BCUT2D eigenvalue weighted by Gasteiger charge is -2.14. The van der Waals surface area contributed by atoms with Gasteiger partial charge >= 0.3 is 0 Å². The fourth-order valence-electron chi connectivity index (χ4n) is 2.94. The topological polar surface area (TPSA) is 111 Å². The molecule has 0 atom stereocenters. The summed E-state index contributed by atoms with van der Waals surface area (Å²) in [6.07, 6.45) is 1.32. The molecule has 2 amide bonds. The Balaban J connectivity index is 1.56. The molecule has 1 heterocycles. The number of hydrogen-bond donors (Lipinski definition) is 2. The van der Waals surface area contributed by atoms with Gasteiger partial charge in [-0.1, -0.05) is 23.2 Å². The fraction of sp³-hybridized carbons (Fsp3) is 0.174. The van der Waals surface area contributed by atoms with Crippen LogP contribution in [0, 0.1) is 0 Å². The molecule has 2 N–H and O–H groups in total. The van der Waals surface area contributed by atoms with Crippen molar-refractivity contribution in [2.45, 2.75) is 0 Å². The number of hydrazone groups is 1. The molecular formula is C23H21Cl2N3O6. The highest BCUT2D eigenvalue weighted by atomic mass is 35.5. The smallest absolute Gasteiger partial charge is 0.259 e. The van der Waals surface area contributed by atoms with Crippen molar-refractivity contribution >= 4 is 41.2 Å². The minimum absolute atomic E-state index is 0.230. The molecule has 0 saturated carbocycles. The molecule has 0 aliphatic carbocycles. The van der Waals surface area contributed by atoms with Gasteiger partial charge in [-0.3, -0.25) is 9.59 Å². The Hall–Kier alpha value is -3.69. The first-order valence-electron chi connectivity index (χ1n) is 9.81. The van der Waals surface area contributed by atoms with Crippen molar-refractivity contribution < 1.29 is 28.2 Å². The summed E-state index contributed by atoms with van der Waals surface area (Å²) in [4.78, 5) is 24.5. The predicted molar refractivity (Wildman–Crippen MR) is 128 cm³/mol. The van der Waals surface area contributed by atoms with Crippen LogP contribution in [0.5, 0.6) is 17.2 Å². The van der Waals surface area contributed by atoms with Crippen LogP contribution in [0.4, 0.5) is 0 Å². The summed E-state index contributed by atoms with van der Waals surface area (Å²) in [5.74, 6) is 0.822. The summed E-state index contributed by atoms with van der Waals surface area (Å²) in [6, 6.07) is 11.4. The van der Waals surface area contributed by atoms with Crippen molar-refractivity contribution in [1.29, 1.82) is 0 Å². The zero-order chi connectivity index (χ0) is 24.7. The summed E-state index contributed by atoms with van der Waals surface area (Å²) < 4.78 is 21.3. The Bertz CT molecular complexity index is 1200. The second-order valence-electron chi connectivity index (χ2n) is 6.72. The van der Waals surface area contributed by atoms with Gasteiger partial charge in [0.1, 0.15) is 11.5 Å². The Kier molecular flexibility index (Phi) is 8.39. The molecule has 34 heavy (non-hydrogen) atoms. The zero-order valence-corrected chi connectivity index (χ0v) is 20.0. The Morgan fingerprint density at radius 2 is 1.71 bits per heavy atom. The fourth-order valence-corrected chi connectivity index (χ4v) is 3.32. The average Bonchev–Trinajstić information content (AvgIpc) is 3.31. The van der Waals surface area contributed by atoms with Gasteiger partial charge in [0.2, 0.25) is 5.75 Å². The SMILES string of the molecule is COc1cc(C(=O)NCC(=O)NN=Cc2ccc(-c3cc(Cl)ccc3Cl)o2)cc(OC)c1OC. The van der Waals surface area contributed by atoms with E-state index in [1.807, 2.05) is 0 Å². The Labute approximate surface area is 205 Å². The number of ether oxygens (including phenoxy) is 3. The van der Waals surface area contributed by atoms with Gasteiger partial charge in [0.05, 0.1) is 39.1 Å². The average molecular weight is 506 g/mol. The first-order chi connectivity index (χ1) is 16.4. The van der Waals surface area contributed by atoms with E-state index in [4.69, 9.17) is 41.8 Å². The number of carbonyl (C=O) groups excluding carboxylic acids is 2. The lowest BCUT2D eigenvalue weighted by atomic mass is 10.1. The van der Waals surface area contributed by atoms with E-state index >= 15 is 0 Å². The van der Waals surface area contributed by atoms with Gasteiger partial charge < -0.3 is 23.9 Å². The van der Waals surface area contributed by atoms with Crippen molar-refractivity contribution in [1.82, 2.24) is 10.7 Å². The number of methoxy groups -OCH3 is 3. The second kappa shape index (κ2) is 11.4. The van der Waals surface area contributed by atoms with Gasteiger partial charge in [-0.25, -0.2) is 5.43 Å². The van der Waals surface area contributed by atoms with Crippen LogP contribution in [0.25, 0.3) is 11.3 Å². The summed E-state index contributed by atoms with van der Waals surface area (Å²) in [5, 5.41) is 7.33. The molecule has 3 aromatic rings. The Morgan fingerprint density at radius 1 is 1.00 bits per heavy atom. The number of halogens is 2. The third-order valence-electron chi connectivity index (χ3n) is 4.54. The van der Waals surface area contributed by atoms with Crippen molar-refractivity contribution in [3.63, 3.8) is 0 Å². The van der Waals surface area contributed by atoms with E-state index in [2.05, 4.69) is 15.8 Å². The molecule has 2 aromatic carbocycles. The molecule has 178 valence electrons. The van der Waals surface area contributed by atoms with E-state index in [0.717, 1.165) is 0 Å². The quantitative estimate of drug-likeness (QED) is 0.333. The van der Waals surface area contributed by atoms with Crippen LogP contribution < -0.4 is 25.0 Å². The summed E-state index contributed by atoms with van der Waals surface area (Å²) in [7, 11) is 4.34. The first kappa shape index (κ1) is 24.9. The van der Waals surface area contributed by atoms with Gasteiger partial charge in [0, 0.05) is 16.1 Å². The van der Waals surface area contributed by atoms with Crippen molar-refractivity contribution in [2.75, 3.05) is 27.9 Å². The summed E-state index contributed by atoms with van der Waals surface area (Å²) >= 11 is 12.2. The number of hydrogen-bond acceptors (Lipinski definition) is 7. The van der Waals surface area contributed by atoms with Crippen LogP contribution in [0.2, 0.25) is 10.0 Å². The van der Waals surface area contributed by atoms with Crippen LogP contribution in [-0.4, -0.2) is 45.9 Å². The van der Waals surface area contributed by atoms with Crippen LogP contribution in [0.15, 0.2) is 52.0 Å². The molecule has 1 aromatic heterocycles. The van der Waals surface area contributed by atoms with Gasteiger partial charge in [0.15, 0.2) is 11.5 Å². The van der Waals surface area contributed by atoms with Gasteiger partial charge in [-0.15, -0.1) is 0 Å². The maximum absolute atomic E-state index is 12.5. The maximum Gasteiger partial charge on any atom is 0.259 e. The van der Waals surface area contributed by atoms with Crippen molar-refractivity contribution in [2.24, 2.45) is 5.10 Å². The van der Waals surface area contributed by atoms with Crippen LogP contribution in [-0.2, 0) is 4.79 Å². The molecule has 0 aliphatic rings. The third kappa shape index (κ3) is 6.00. The molecule has 0 radical (unpaired) electrons. The molecule has 0 fully saturated rings. The minimum atomic E-state index is -0.540. The first-order valence-corrected chi connectivity index (χ1v) is 10.6. The highest BCUT2D eigenvalue weighted by molar-refractivity contribution is 6.35. The lowest BCUT2D eigenvalue weighted by Crippen LogP contribution is -2.34. The Morgan fingerprint density at radius 3 is 2.35 bits per heavy atom. The van der Waals surface area contributed by atoms with Crippen molar-refractivity contribution in [3.8, 4) is 28.6 Å². The molecule has 0 spiro atoms. The van der Waals surface area contributed by atoms with Gasteiger partial charge in [-0.05, 0) is 42.5 Å². The summed E-state index contributed by atoms with van der Waals surface area (Å²) in [5.41, 5.74) is 3.17. The number of rotatable bonds is 9. The number of nitrogens with one attached hydrogen (secondary N) is 2. The third-order valence-corrected chi connectivity index (χ3v) is 5.10. The van der Waals surface area contributed by atoms with E-state index in [-0.39, 0.29) is 12.1 Å². The highest BCUT2D eigenvalue weighted by Crippen LogP contribution is 2.38. The van der Waals surface area contributed by atoms with Crippen LogP contribution in [0.3, 0.4) is 0 Å². The van der Waals surface area contributed by atoms with E-state index in [9.17, 15) is 9.59 Å².